The number of fused-ring (bicyclic) bond motifs is 1. The molecule has 2 aromatic heterocycles. The zero-order valence-corrected chi connectivity index (χ0v) is 20.5. The third-order valence-electron chi connectivity index (χ3n) is 9.03. The second kappa shape index (κ2) is 9.44. The van der Waals surface area contributed by atoms with Crippen molar-refractivity contribution in [2.45, 2.75) is 103 Å². The van der Waals surface area contributed by atoms with Gasteiger partial charge >= 0.3 is 0 Å². The lowest BCUT2D eigenvalue weighted by atomic mass is 9.65. The number of hydrogen-bond donors (Lipinski definition) is 1. The van der Waals surface area contributed by atoms with Gasteiger partial charge in [0, 0.05) is 31.5 Å². The lowest BCUT2D eigenvalue weighted by Crippen LogP contribution is -2.62. The molecule has 2 aliphatic carbocycles. The number of amides is 1. The van der Waals surface area contributed by atoms with Crippen LogP contribution >= 0.6 is 0 Å². The zero-order chi connectivity index (χ0) is 23.8. The first-order valence-corrected chi connectivity index (χ1v) is 13.4. The Bertz CT molecular complexity index is 1080. The molecule has 2 aromatic rings. The highest BCUT2D eigenvalue weighted by Gasteiger charge is 2.55. The van der Waals surface area contributed by atoms with Gasteiger partial charge in [0.1, 0.15) is 11.7 Å². The number of rotatable bonds is 6. The highest BCUT2D eigenvalue weighted by atomic mass is 16.3. The highest BCUT2D eigenvalue weighted by molar-refractivity contribution is 5.76. The molecule has 0 aromatic carbocycles. The molecule has 186 valence electrons. The van der Waals surface area contributed by atoms with Gasteiger partial charge in [0.25, 0.3) is 5.56 Å². The highest BCUT2D eigenvalue weighted by Crippen LogP contribution is 2.51. The van der Waals surface area contributed by atoms with Crippen molar-refractivity contribution < 1.29 is 9.90 Å². The molecule has 3 fully saturated rings. The standard InChI is InChI=1S/C26H39N5O3/c1-2-31-23-21(16-28-31)24(33)30(19-27-23)18-26(34)14-15-29(17-25(26)12-6-7-13-25)22(32)11-10-20-8-4-3-5-9-20/h16,19-20,34H,2-15,17-18H2,1H3. The summed E-state index contributed by atoms with van der Waals surface area (Å²) in [6.45, 7) is 4.00. The largest absolute Gasteiger partial charge is 0.387 e. The van der Waals surface area contributed by atoms with E-state index >= 15 is 0 Å². The maximum Gasteiger partial charge on any atom is 0.264 e. The van der Waals surface area contributed by atoms with E-state index in [1.807, 2.05) is 11.8 Å². The van der Waals surface area contributed by atoms with Crippen LogP contribution in [0, 0.1) is 11.3 Å². The zero-order valence-electron chi connectivity index (χ0n) is 20.5. The lowest BCUT2D eigenvalue weighted by molar-refractivity contribution is -0.160. The third kappa shape index (κ3) is 4.18. The second-order valence-corrected chi connectivity index (χ2v) is 11.0. The Hall–Kier alpha value is -2.22. The summed E-state index contributed by atoms with van der Waals surface area (Å²) in [6.07, 6.45) is 15.6. The third-order valence-corrected chi connectivity index (χ3v) is 9.03. The molecule has 1 atom stereocenters. The predicted octanol–water partition coefficient (Wildman–Crippen LogP) is 3.50. The molecule has 3 heterocycles. The number of carbonyl (C=O) groups excluding carboxylic acids is 1. The molecule has 1 saturated heterocycles. The van der Waals surface area contributed by atoms with Crippen LogP contribution in [-0.4, -0.2) is 53.9 Å². The summed E-state index contributed by atoms with van der Waals surface area (Å²) in [5, 5.41) is 16.8. The molecule has 5 rings (SSSR count). The fourth-order valence-corrected chi connectivity index (χ4v) is 6.90. The van der Waals surface area contributed by atoms with E-state index in [1.165, 1.54) is 32.1 Å². The van der Waals surface area contributed by atoms with E-state index in [0.29, 0.717) is 49.4 Å². The van der Waals surface area contributed by atoms with Gasteiger partial charge < -0.3 is 10.0 Å². The van der Waals surface area contributed by atoms with Crippen LogP contribution in [0.5, 0.6) is 0 Å². The smallest absolute Gasteiger partial charge is 0.264 e. The monoisotopic (exact) mass is 469 g/mol. The Kier molecular flexibility index (Phi) is 6.53. The van der Waals surface area contributed by atoms with E-state index in [1.54, 1.807) is 21.8 Å². The average molecular weight is 470 g/mol. The molecule has 2 saturated carbocycles. The van der Waals surface area contributed by atoms with Crippen LogP contribution in [0.3, 0.4) is 0 Å². The minimum Gasteiger partial charge on any atom is -0.387 e. The molecule has 1 aliphatic heterocycles. The van der Waals surface area contributed by atoms with E-state index in [9.17, 15) is 14.7 Å². The number of aliphatic hydroxyl groups is 1. The fraction of sp³-hybridized carbons (Fsp3) is 0.769. The Morgan fingerprint density at radius 1 is 1.15 bits per heavy atom. The molecule has 8 heteroatoms. The van der Waals surface area contributed by atoms with Gasteiger partial charge in [0.05, 0.1) is 18.3 Å². The molecule has 0 radical (unpaired) electrons. The molecule has 1 amide bonds. The summed E-state index contributed by atoms with van der Waals surface area (Å²) in [7, 11) is 0. The first-order valence-electron chi connectivity index (χ1n) is 13.4. The predicted molar refractivity (Wildman–Crippen MR) is 130 cm³/mol. The van der Waals surface area contributed by atoms with Gasteiger partial charge in [-0.3, -0.25) is 14.2 Å². The van der Waals surface area contributed by atoms with Crippen molar-refractivity contribution in [1.82, 2.24) is 24.2 Å². The number of carbonyl (C=O) groups is 1. The summed E-state index contributed by atoms with van der Waals surface area (Å²) in [5.41, 5.74) is -0.945. The SMILES string of the molecule is CCn1ncc2c(=O)n(CC3(O)CCN(C(=O)CCC4CCCCC4)CC34CCCC4)cnc21. The summed E-state index contributed by atoms with van der Waals surface area (Å²) in [6, 6.07) is 0. The van der Waals surface area contributed by atoms with Crippen molar-refractivity contribution in [3.63, 3.8) is 0 Å². The van der Waals surface area contributed by atoms with Crippen molar-refractivity contribution in [3.05, 3.63) is 22.9 Å². The number of likely N-dealkylation sites (tertiary alicyclic amines) is 1. The van der Waals surface area contributed by atoms with Gasteiger partial charge in [0.2, 0.25) is 5.91 Å². The van der Waals surface area contributed by atoms with Crippen LogP contribution in [0.25, 0.3) is 11.0 Å². The van der Waals surface area contributed by atoms with E-state index in [0.717, 1.165) is 32.1 Å². The van der Waals surface area contributed by atoms with Gasteiger partial charge in [0.15, 0.2) is 5.65 Å². The molecule has 3 aliphatic rings. The molecule has 34 heavy (non-hydrogen) atoms. The molecule has 1 N–H and O–H groups in total. The first-order chi connectivity index (χ1) is 16.4. The quantitative estimate of drug-likeness (QED) is 0.699. The molecular weight excluding hydrogens is 430 g/mol. The van der Waals surface area contributed by atoms with Crippen molar-refractivity contribution >= 4 is 16.9 Å². The van der Waals surface area contributed by atoms with Crippen molar-refractivity contribution in [2.24, 2.45) is 11.3 Å². The Labute approximate surface area is 201 Å². The number of nitrogens with zero attached hydrogens (tertiary/aromatic N) is 5. The minimum absolute atomic E-state index is 0.155. The number of piperidine rings is 1. The molecule has 1 unspecified atom stereocenters. The van der Waals surface area contributed by atoms with Crippen LogP contribution in [0.2, 0.25) is 0 Å². The summed E-state index contributed by atoms with van der Waals surface area (Å²) >= 11 is 0. The van der Waals surface area contributed by atoms with Crippen LogP contribution < -0.4 is 5.56 Å². The molecule has 1 spiro atoms. The number of aromatic nitrogens is 4. The van der Waals surface area contributed by atoms with Gasteiger partial charge in [-0.1, -0.05) is 44.9 Å². The maximum absolute atomic E-state index is 13.2. The first kappa shape index (κ1) is 23.5. The molecular formula is C26H39N5O3. The van der Waals surface area contributed by atoms with E-state index < -0.39 is 5.60 Å². The van der Waals surface area contributed by atoms with E-state index in [4.69, 9.17) is 0 Å². The summed E-state index contributed by atoms with van der Waals surface area (Å²) < 4.78 is 3.27. The van der Waals surface area contributed by atoms with Crippen molar-refractivity contribution in [1.29, 1.82) is 0 Å². The van der Waals surface area contributed by atoms with Crippen LogP contribution in [-0.2, 0) is 17.9 Å². The van der Waals surface area contributed by atoms with Gasteiger partial charge in [-0.25, -0.2) is 9.67 Å². The van der Waals surface area contributed by atoms with Crippen molar-refractivity contribution in [2.75, 3.05) is 13.1 Å². The Balaban J connectivity index is 1.32. The fourth-order valence-electron chi connectivity index (χ4n) is 6.90. The van der Waals surface area contributed by atoms with Crippen LogP contribution in [0.4, 0.5) is 0 Å². The van der Waals surface area contributed by atoms with Gasteiger partial charge in [-0.05, 0) is 38.5 Å². The number of hydrogen-bond acceptors (Lipinski definition) is 5. The maximum atomic E-state index is 13.2. The summed E-state index contributed by atoms with van der Waals surface area (Å²) in [4.78, 5) is 32.8. The van der Waals surface area contributed by atoms with Crippen LogP contribution in [0.1, 0.15) is 84.0 Å². The topological polar surface area (TPSA) is 93.2 Å². The van der Waals surface area contributed by atoms with E-state index in [-0.39, 0.29) is 23.4 Å². The molecule has 0 bridgehead atoms. The second-order valence-electron chi connectivity index (χ2n) is 11.0. The average Bonchev–Trinajstić information content (AvgIpc) is 3.50. The Morgan fingerprint density at radius 3 is 2.65 bits per heavy atom. The Morgan fingerprint density at radius 2 is 1.91 bits per heavy atom. The minimum atomic E-state index is -1.02. The van der Waals surface area contributed by atoms with Gasteiger partial charge in [-0.2, -0.15) is 5.10 Å². The number of aryl methyl sites for hydroxylation is 1. The van der Waals surface area contributed by atoms with Crippen LogP contribution in [0.15, 0.2) is 17.3 Å². The van der Waals surface area contributed by atoms with Crippen molar-refractivity contribution in [3.8, 4) is 0 Å². The molecule has 8 nitrogen and oxygen atoms in total. The summed E-state index contributed by atoms with van der Waals surface area (Å²) in [5.74, 6) is 0.942. The normalized spacial score (nSPS) is 25.4. The lowest BCUT2D eigenvalue weighted by Gasteiger charge is -2.52. The van der Waals surface area contributed by atoms with Gasteiger partial charge in [-0.15, -0.1) is 0 Å². The van der Waals surface area contributed by atoms with E-state index in [2.05, 4.69) is 10.1 Å².